The first kappa shape index (κ1) is 7.21. The highest BCUT2D eigenvalue weighted by atomic mass is 16.3. The van der Waals surface area contributed by atoms with E-state index >= 15 is 0 Å². The zero-order valence-corrected chi connectivity index (χ0v) is 6.95. The van der Waals surface area contributed by atoms with Crippen molar-refractivity contribution in [1.29, 1.82) is 0 Å². The lowest BCUT2D eigenvalue weighted by Crippen LogP contribution is -2.29. The number of hydrazone groups is 1. The molecule has 1 aliphatic heterocycles. The Balaban J connectivity index is 2.23. The van der Waals surface area contributed by atoms with Crippen molar-refractivity contribution in [3.05, 3.63) is 24.2 Å². The van der Waals surface area contributed by atoms with Gasteiger partial charge < -0.3 is 9.32 Å². The van der Waals surface area contributed by atoms with Crippen molar-refractivity contribution >= 4 is 5.84 Å². The third-order valence-corrected chi connectivity index (χ3v) is 1.87. The molecule has 1 aliphatic rings. The van der Waals surface area contributed by atoms with Crippen LogP contribution < -0.4 is 5.43 Å². The molecule has 0 radical (unpaired) electrons. The molecule has 1 N–H and O–H groups in total. The van der Waals surface area contributed by atoms with E-state index < -0.39 is 0 Å². The van der Waals surface area contributed by atoms with Gasteiger partial charge in [-0.3, -0.25) is 5.43 Å². The first-order valence-corrected chi connectivity index (χ1v) is 4.01. The number of amidine groups is 1. The molecule has 0 amide bonds. The second-order valence-electron chi connectivity index (χ2n) is 2.59. The summed E-state index contributed by atoms with van der Waals surface area (Å²) in [6, 6.07) is 3.78. The van der Waals surface area contributed by atoms with Gasteiger partial charge in [-0.15, -0.1) is 0 Å². The molecular formula is C8H11N3O. The Hall–Kier alpha value is -1.45. The fourth-order valence-corrected chi connectivity index (χ4v) is 1.22. The Labute approximate surface area is 70.9 Å². The van der Waals surface area contributed by atoms with Gasteiger partial charge in [0.05, 0.1) is 6.26 Å². The van der Waals surface area contributed by atoms with Crippen LogP contribution in [0.1, 0.15) is 12.7 Å². The summed E-state index contributed by atoms with van der Waals surface area (Å²) in [6.07, 6.45) is 1.66. The molecule has 2 rings (SSSR count). The van der Waals surface area contributed by atoms with E-state index in [1.54, 1.807) is 6.26 Å². The molecule has 0 aliphatic carbocycles. The Morgan fingerprint density at radius 2 is 2.67 bits per heavy atom. The molecule has 4 heteroatoms. The molecule has 4 nitrogen and oxygen atoms in total. The van der Waals surface area contributed by atoms with Gasteiger partial charge in [0.2, 0.25) is 0 Å². The number of hydrogen-bond acceptors (Lipinski definition) is 4. The minimum atomic E-state index is 0.770. The largest absolute Gasteiger partial charge is 0.461 e. The Kier molecular flexibility index (Phi) is 1.74. The van der Waals surface area contributed by atoms with Gasteiger partial charge in [0.25, 0.3) is 0 Å². The van der Waals surface area contributed by atoms with Gasteiger partial charge >= 0.3 is 0 Å². The van der Waals surface area contributed by atoms with E-state index in [4.69, 9.17) is 4.42 Å². The fourth-order valence-electron chi connectivity index (χ4n) is 1.22. The van der Waals surface area contributed by atoms with Crippen LogP contribution in [0.25, 0.3) is 0 Å². The third kappa shape index (κ3) is 1.05. The van der Waals surface area contributed by atoms with E-state index in [0.29, 0.717) is 0 Å². The Morgan fingerprint density at radius 1 is 1.75 bits per heavy atom. The molecule has 0 saturated heterocycles. The van der Waals surface area contributed by atoms with Gasteiger partial charge in [-0.25, -0.2) is 0 Å². The van der Waals surface area contributed by atoms with Crippen LogP contribution in [0.2, 0.25) is 0 Å². The van der Waals surface area contributed by atoms with E-state index in [0.717, 1.165) is 24.8 Å². The van der Waals surface area contributed by atoms with E-state index in [1.165, 1.54) is 0 Å². The molecule has 0 aromatic carbocycles. The SMILES string of the molecule is CCN1CNN=C1c1ccco1. The Morgan fingerprint density at radius 3 is 3.33 bits per heavy atom. The summed E-state index contributed by atoms with van der Waals surface area (Å²) in [5, 5.41) is 4.13. The monoisotopic (exact) mass is 165 g/mol. The van der Waals surface area contributed by atoms with Gasteiger partial charge in [-0.05, 0) is 19.1 Å². The third-order valence-electron chi connectivity index (χ3n) is 1.87. The topological polar surface area (TPSA) is 40.8 Å². The zero-order valence-electron chi connectivity index (χ0n) is 6.95. The smallest absolute Gasteiger partial charge is 0.193 e. The highest BCUT2D eigenvalue weighted by molar-refractivity contribution is 5.96. The maximum atomic E-state index is 5.24. The van der Waals surface area contributed by atoms with Gasteiger partial charge in [-0.2, -0.15) is 5.10 Å². The lowest BCUT2D eigenvalue weighted by Gasteiger charge is -2.13. The molecule has 1 aromatic rings. The van der Waals surface area contributed by atoms with E-state index in [2.05, 4.69) is 22.4 Å². The first-order chi connectivity index (χ1) is 5.92. The van der Waals surface area contributed by atoms with Crippen LogP contribution in [-0.4, -0.2) is 23.9 Å². The fraction of sp³-hybridized carbons (Fsp3) is 0.375. The summed E-state index contributed by atoms with van der Waals surface area (Å²) < 4.78 is 5.24. The number of furan rings is 1. The molecule has 0 fully saturated rings. The standard InChI is InChI=1S/C8H11N3O/c1-2-11-6-9-10-8(11)7-4-3-5-12-7/h3-5,9H,2,6H2,1H3. The van der Waals surface area contributed by atoms with Crippen LogP contribution in [0.15, 0.2) is 27.9 Å². The van der Waals surface area contributed by atoms with Gasteiger partial charge in [0.15, 0.2) is 11.6 Å². The van der Waals surface area contributed by atoms with Crippen LogP contribution in [0.4, 0.5) is 0 Å². The van der Waals surface area contributed by atoms with Crippen LogP contribution in [0.3, 0.4) is 0 Å². The van der Waals surface area contributed by atoms with E-state index in [-0.39, 0.29) is 0 Å². The van der Waals surface area contributed by atoms with Crippen molar-refractivity contribution in [1.82, 2.24) is 10.3 Å². The van der Waals surface area contributed by atoms with Crippen molar-refractivity contribution in [3.8, 4) is 0 Å². The zero-order chi connectivity index (χ0) is 8.39. The number of rotatable bonds is 2. The number of hydrogen-bond donors (Lipinski definition) is 1. The first-order valence-electron chi connectivity index (χ1n) is 4.01. The maximum absolute atomic E-state index is 5.24. The quantitative estimate of drug-likeness (QED) is 0.705. The number of nitrogens with zero attached hydrogens (tertiary/aromatic N) is 2. The molecular weight excluding hydrogens is 154 g/mol. The molecule has 0 unspecified atom stereocenters. The molecule has 0 saturated carbocycles. The molecule has 12 heavy (non-hydrogen) atoms. The summed E-state index contributed by atoms with van der Waals surface area (Å²) in [5.41, 5.74) is 2.92. The second kappa shape index (κ2) is 2.89. The highest BCUT2D eigenvalue weighted by Gasteiger charge is 2.18. The van der Waals surface area contributed by atoms with Crippen LogP contribution in [-0.2, 0) is 0 Å². The highest BCUT2D eigenvalue weighted by Crippen LogP contribution is 2.08. The van der Waals surface area contributed by atoms with Crippen LogP contribution >= 0.6 is 0 Å². The van der Waals surface area contributed by atoms with Gasteiger partial charge in [0, 0.05) is 6.54 Å². The van der Waals surface area contributed by atoms with Crippen molar-refractivity contribution < 1.29 is 4.42 Å². The minimum Gasteiger partial charge on any atom is -0.461 e. The summed E-state index contributed by atoms with van der Waals surface area (Å²) in [7, 11) is 0. The van der Waals surface area contributed by atoms with Crippen molar-refractivity contribution in [2.75, 3.05) is 13.2 Å². The second-order valence-corrected chi connectivity index (χ2v) is 2.59. The van der Waals surface area contributed by atoms with Crippen LogP contribution in [0, 0.1) is 0 Å². The van der Waals surface area contributed by atoms with Crippen molar-refractivity contribution in [2.45, 2.75) is 6.92 Å². The van der Waals surface area contributed by atoms with Crippen molar-refractivity contribution in [3.63, 3.8) is 0 Å². The summed E-state index contributed by atoms with van der Waals surface area (Å²) in [4.78, 5) is 2.11. The van der Waals surface area contributed by atoms with Gasteiger partial charge in [0.1, 0.15) is 6.67 Å². The predicted octanol–water partition coefficient (Wildman–Crippen LogP) is 0.824. The molecule has 64 valence electrons. The molecule has 0 atom stereocenters. The summed E-state index contributed by atoms with van der Waals surface area (Å²) in [5.74, 6) is 1.71. The molecule has 0 spiro atoms. The van der Waals surface area contributed by atoms with Crippen molar-refractivity contribution in [2.24, 2.45) is 5.10 Å². The maximum Gasteiger partial charge on any atom is 0.193 e. The molecule has 1 aromatic heterocycles. The van der Waals surface area contributed by atoms with E-state index in [9.17, 15) is 0 Å². The lowest BCUT2D eigenvalue weighted by atomic mass is 10.4. The minimum absolute atomic E-state index is 0.770. The Bertz CT molecular complexity index is 279. The average molecular weight is 165 g/mol. The van der Waals surface area contributed by atoms with E-state index in [1.807, 2.05) is 12.1 Å². The molecule has 2 heterocycles. The normalized spacial score (nSPS) is 16.1. The molecule has 0 bridgehead atoms. The van der Waals surface area contributed by atoms with Crippen LogP contribution in [0.5, 0.6) is 0 Å². The summed E-state index contributed by atoms with van der Waals surface area (Å²) in [6.45, 7) is 3.80. The number of nitrogens with one attached hydrogen (secondary N) is 1. The predicted molar refractivity (Wildman–Crippen MR) is 45.6 cm³/mol. The van der Waals surface area contributed by atoms with Gasteiger partial charge in [-0.1, -0.05) is 0 Å². The summed E-state index contributed by atoms with van der Waals surface area (Å²) >= 11 is 0. The lowest BCUT2D eigenvalue weighted by molar-refractivity contribution is 0.436. The average Bonchev–Trinajstić information content (AvgIpc) is 2.74.